The molecule has 0 aliphatic rings. The second-order valence-electron chi connectivity index (χ2n) is 4.70. The molecule has 1 heterocycles. The Bertz CT molecular complexity index is 605. The van der Waals surface area contributed by atoms with Gasteiger partial charge in [-0.15, -0.1) is 0 Å². The van der Waals surface area contributed by atoms with Gasteiger partial charge in [0.15, 0.2) is 11.6 Å². The highest BCUT2D eigenvalue weighted by Crippen LogP contribution is 2.25. The Balaban J connectivity index is 2.25. The van der Waals surface area contributed by atoms with E-state index in [4.69, 9.17) is 0 Å². The van der Waals surface area contributed by atoms with Crippen LogP contribution >= 0.6 is 0 Å². The van der Waals surface area contributed by atoms with E-state index in [0.717, 1.165) is 29.1 Å². The fourth-order valence-electron chi connectivity index (χ4n) is 2.32. The van der Waals surface area contributed by atoms with Gasteiger partial charge in [-0.25, -0.2) is 8.78 Å². The normalized spacial score (nSPS) is 12.5. The van der Waals surface area contributed by atoms with Gasteiger partial charge in [0, 0.05) is 30.1 Å². The highest BCUT2D eigenvalue weighted by atomic mass is 19.2. The molecule has 0 bridgehead atoms. The molecule has 0 amide bonds. The highest BCUT2D eigenvalue weighted by Gasteiger charge is 2.16. The fraction of sp³-hybridized carbons (Fsp3) is 0.357. The molecule has 2 aromatic rings. The van der Waals surface area contributed by atoms with E-state index in [1.807, 2.05) is 32.5 Å². The van der Waals surface area contributed by atoms with Crippen molar-refractivity contribution in [3.8, 4) is 0 Å². The number of aryl methyl sites for hydroxylation is 2. The molecule has 19 heavy (non-hydrogen) atoms. The van der Waals surface area contributed by atoms with Gasteiger partial charge in [0.25, 0.3) is 0 Å². The predicted molar refractivity (Wildman–Crippen MR) is 71.1 cm³/mol. The van der Waals surface area contributed by atoms with Gasteiger partial charge in [0.1, 0.15) is 0 Å². The number of halogens is 2. The first-order valence-electron chi connectivity index (χ1n) is 6.12. The third-order valence-electron chi connectivity index (χ3n) is 3.30. The van der Waals surface area contributed by atoms with Gasteiger partial charge in [-0.2, -0.15) is 5.10 Å². The summed E-state index contributed by atoms with van der Waals surface area (Å²) in [5.41, 5.74) is 3.61. The molecule has 0 aliphatic heterocycles. The lowest BCUT2D eigenvalue weighted by molar-refractivity contribution is 0.509. The summed E-state index contributed by atoms with van der Waals surface area (Å²) in [6.45, 7) is 5.89. The molecule has 2 rings (SSSR count). The van der Waals surface area contributed by atoms with Crippen LogP contribution < -0.4 is 5.32 Å². The molecule has 1 N–H and O–H groups in total. The molecule has 102 valence electrons. The van der Waals surface area contributed by atoms with Crippen molar-refractivity contribution in [3.63, 3.8) is 0 Å². The van der Waals surface area contributed by atoms with Crippen LogP contribution in [0.15, 0.2) is 18.2 Å². The van der Waals surface area contributed by atoms with Crippen molar-refractivity contribution in [1.82, 2.24) is 9.78 Å². The number of rotatable bonds is 3. The van der Waals surface area contributed by atoms with E-state index >= 15 is 0 Å². The monoisotopic (exact) mass is 265 g/mol. The number of nitrogens with zero attached hydrogens (tertiary/aromatic N) is 2. The summed E-state index contributed by atoms with van der Waals surface area (Å²) < 4.78 is 27.9. The van der Waals surface area contributed by atoms with Crippen LogP contribution in [-0.4, -0.2) is 9.78 Å². The summed E-state index contributed by atoms with van der Waals surface area (Å²) in [7, 11) is 1.89. The van der Waals surface area contributed by atoms with E-state index in [1.165, 1.54) is 6.07 Å². The minimum absolute atomic E-state index is 0.0291. The van der Waals surface area contributed by atoms with Crippen molar-refractivity contribution in [1.29, 1.82) is 0 Å². The van der Waals surface area contributed by atoms with Crippen LogP contribution in [-0.2, 0) is 7.05 Å². The summed E-state index contributed by atoms with van der Waals surface area (Å²) in [6, 6.07) is 3.77. The van der Waals surface area contributed by atoms with Crippen molar-refractivity contribution in [3.05, 3.63) is 46.8 Å². The lowest BCUT2D eigenvalue weighted by atomic mass is 10.1. The van der Waals surface area contributed by atoms with E-state index in [-0.39, 0.29) is 6.04 Å². The Hall–Kier alpha value is -1.91. The third kappa shape index (κ3) is 2.59. The standard InChI is InChI=1S/C14H17F2N3/c1-8(14-9(2)18-19(4)10(14)3)17-11-5-6-12(15)13(16)7-11/h5-8,17H,1-4H3. The molecule has 0 saturated heterocycles. The van der Waals surface area contributed by atoms with Crippen LogP contribution in [0.25, 0.3) is 0 Å². The van der Waals surface area contributed by atoms with Gasteiger partial charge in [0.2, 0.25) is 0 Å². The maximum absolute atomic E-state index is 13.2. The number of hydrogen-bond donors (Lipinski definition) is 1. The second kappa shape index (κ2) is 4.99. The second-order valence-corrected chi connectivity index (χ2v) is 4.70. The SMILES string of the molecule is Cc1nn(C)c(C)c1C(C)Nc1ccc(F)c(F)c1. The summed E-state index contributed by atoms with van der Waals surface area (Å²) in [5, 5.41) is 7.51. The fourth-order valence-corrected chi connectivity index (χ4v) is 2.32. The smallest absolute Gasteiger partial charge is 0.160 e. The predicted octanol–water partition coefficient (Wildman–Crippen LogP) is 3.49. The maximum atomic E-state index is 13.2. The topological polar surface area (TPSA) is 29.9 Å². The molecule has 1 atom stereocenters. The zero-order chi connectivity index (χ0) is 14.2. The average molecular weight is 265 g/mol. The van der Waals surface area contributed by atoms with Crippen molar-refractivity contribution in [2.45, 2.75) is 26.8 Å². The average Bonchev–Trinajstić information content (AvgIpc) is 2.58. The van der Waals surface area contributed by atoms with Crippen LogP contribution in [0.4, 0.5) is 14.5 Å². The van der Waals surface area contributed by atoms with E-state index in [9.17, 15) is 8.78 Å². The van der Waals surface area contributed by atoms with Gasteiger partial charge in [-0.1, -0.05) is 0 Å². The van der Waals surface area contributed by atoms with Crippen molar-refractivity contribution >= 4 is 5.69 Å². The van der Waals surface area contributed by atoms with Crippen LogP contribution in [0.5, 0.6) is 0 Å². The molecule has 5 heteroatoms. The molecular weight excluding hydrogens is 248 g/mol. The van der Waals surface area contributed by atoms with Crippen molar-refractivity contribution in [2.75, 3.05) is 5.32 Å². The minimum atomic E-state index is -0.850. The highest BCUT2D eigenvalue weighted by molar-refractivity contribution is 5.46. The Morgan fingerprint density at radius 1 is 1.21 bits per heavy atom. The van der Waals surface area contributed by atoms with Gasteiger partial charge in [-0.05, 0) is 32.9 Å². The maximum Gasteiger partial charge on any atom is 0.160 e. The lowest BCUT2D eigenvalue weighted by Gasteiger charge is -2.16. The molecule has 0 saturated carbocycles. The van der Waals surface area contributed by atoms with Crippen molar-refractivity contribution in [2.24, 2.45) is 7.05 Å². The Labute approximate surface area is 111 Å². The molecule has 1 aromatic carbocycles. The van der Waals surface area contributed by atoms with Gasteiger partial charge in [0.05, 0.1) is 11.7 Å². The molecule has 0 radical (unpaired) electrons. The molecule has 0 aliphatic carbocycles. The van der Waals surface area contributed by atoms with Gasteiger partial charge in [-0.3, -0.25) is 4.68 Å². The van der Waals surface area contributed by atoms with Crippen LogP contribution in [0, 0.1) is 25.5 Å². The first kappa shape index (κ1) is 13.5. The Kier molecular flexibility index (Phi) is 3.55. The van der Waals surface area contributed by atoms with Crippen LogP contribution in [0.2, 0.25) is 0 Å². The lowest BCUT2D eigenvalue weighted by Crippen LogP contribution is -2.09. The largest absolute Gasteiger partial charge is 0.378 e. The summed E-state index contributed by atoms with van der Waals surface area (Å²) in [6.07, 6.45) is 0. The van der Waals surface area contributed by atoms with E-state index in [1.54, 1.807) is 0 Å². The van der Waals surface area contributed by atoms with Gasteiger partial charge >= 0.3 is 0 Å². The molecule has 1 aromatic heterocycles. The number of anilines is 1. The van der Waals surface area contributed by atoms with E-state index in [0.29, 0.717) is 5.69 Å². The first-order chi connectivity index (χ1) is 8.90. The first-order valence-corrected chi connectivity index (χ1v) is 6.12. The quantitative estimate of drug-likeness (QED) is 0.920. The molecule has 3 nitrogen and oxygen atoms in total. The number of benzene rings is 1. The summed E-state index contributed by atoms with van der Waals surface area (Å²) >= 11 is 0. The van der Waals surface area contributed by atoms with Crippen LogP contribution in [0.3, 0.4) is 0 Å². The number of nitrogens with one attached hydrogen (secondary N) is 1. The van der Waals surface area contributed by atoms with E-state index < -0.39 is 11.6 Å². The molecule has 1 unspecified atom stereocenters. The minimum Gasteiger partial charge on any atom is -0.378 e. The van der Waals surface area contributed by atoms with E-state index in [2.05, 4.69) is 10.4 Å². The zero-order valence-corrected chi connectivity index (χ0v) is 11.5. The molecule has 0 spiro atoms. The summed E-state index contributed by atoms with van der Waals surface area (Å²) in [5.74, 6) is -1.69. The molecular formula is C14H17F2N3. The number of hydrogen-bond acceptors (Lipinski definition) is 2. The Morgan fingerprint density at radius 2 is 1.89 bits per heavy atom. The van der Waals surface area contributed by atoms with Gasteiger partial charge < -0.3 is 5.32 Å². The molecule has 0 fully saturated rings. The van der Waals surface area contributed by atoms with Crippen molar-refractivity contribution < 1.29 is 8.78 Å². The number of aromatic nitrogens is 2. The third-order valence-corrected chi connectivity index (χ3v) is 3.30. The Morgan fingerprint density at radius 3 is 2.42 bits per heavy atom. The van der Waals surface area contributed by atoms with Crippen LogP contribution in [0.1, 0.15) is 29.9 Å². The summed E-state index contributed by atoms with van der Waals surface area (Å²) in [4.78, 5) is 0. The zero-order valence-electron chi connectivity index (χ0n) is 11.5.